The van der Waals surface area contributed by atoms with Gasteiger partial charge >= 0.3 is 0 Å². The quantitative estimate of drug-likeness (QED) is 0.627. The van der Waals surface area contributed by atoms with Crippen LogP contribution >= 0.6 is 0 Å². The first-order valence-corrected chi connectivity index (χ1v) is 8.78. The van der Waals surface area contributed by atoms with E-state index < -0.39 is 6.10 Å². The van der Waals surface area contributed by atoms with Gasteiger partial charge in [-0.25, -0.2) is 0 Å². The predicted molar refractivity (Wildman–Crippen MR) is 103 cm³/mol. The van der Waals surface area contributed by atoms with E-state index in [0.717, 1.165) is 16.3 Å². The van der Waals surface area contributed by atoms with Crippen LogP contribution < -0.4 is 10.1 Å². The van der Waals surface area contributed by atoms with Crippen LogP contribution in [-0.4, -0.2) is 25.2 Å². The third-order valence-corrected chi connectivity index (χ3v) is 4.08. The van der Waals surface area contributed by atoms with Crippen LogP contribution in [0, 0.1) is 0 Å². The molecule has 3 aromatic carbocycles. The second-order valence-corrected chi connectivity index (χ2v) is 6.07. The van der Waals surface area contributed by atoms with E-state index in [1.807, 2.05) is 72.8 Å². The Balaban J connectivity index is 1.44. The Morgan fingerprint density at radius 1 is 0.962 bits per heavy atom. The Labute approximate surface area is 153 Å². The number of nitrogens with one attached hydrogen (secondary N) is 1. The number of amides is 1. The average molecular weight is 349 g/mol. The lowest BCUT2D eigenvalue weighted by atomic mass is 10.1. The average Bonchev–Trinajstić information content (AvgIpc) is 2.68. The van der Waals surface area contributed by atoms with E-state index in [4.69, 9.17) is 9.47 Å². The number of carbonyl (C=O) groups excluding carboxylic acids is 1. The van der Waals surface area contributed by atoms with Crippen molar-refractivity contribution in [2.75, 3.05) is 13.2 Å². The number of rotatable bonds is 8. The van der Waals surface area contributed by atoms with E-state index in [9.17, 15) is 4.79 Å². The Morgan fingerprint density at radius 2 is 1.69 bits per heavy atom. The maximum absolute atomic E-state index is 12.2. The van der Waals surface area contributed by atoms with E-state index in [1.165, 1.54) is 0 Å². The molecule has 0 aliphatic heterocycles. The molecule has 0 fully saturated rings. The zero-order valence-corrected chi connectivity index (χ0v) is 14.9. The molecule has 1 atom stereocenters. The number of carbonyl (C=O) groups is 1. The summed E-state index contributed by atoms with van der Waals surface area (Å²) in [6, 6.07) is 23.8. The molecular formula is C22H23NO3. The monoisotopic (exact) mass is 349 g/mol. The van der Waals surface area contributed by atoms with Gasteiger partial charge in [0.25, 0.3) is 5.91 Å². The minimum absolute atomic E-state index is 0.152. The summed E-state index contributed by atoms with van der Waals surface area (Å²) in [6.07, 6.45) is -0.574. The van der Waals surface area contributed by atoms with Crippen molar-refractivity contribution < 1.29 is 14.3 Å². The van der Waals surface area contributed by atoms with Gasteiger partial charge in [-0.05, 0) is 23.9 Å². The lowest BCUT2D eigenvalue weighted by Crippen LogP contribution is -2.38. The van der Waals surface area contributed by atoms with Crippen LogP contribution in [-0.2, 0) is 16.1 Å². The molecule has 4 heteroatoms. The van der Waals surface area contributed by atoms with E-state index in [0.29, 0.717) is 25.5 Å². The number of ether oxygens (including phenoxy) is 2. The molecule has 0 aromatic heterocycles. The van der Waals surface area contributed by atoms with Crippen molar-refractivity contribution in [2.24, 2.45) is 0 Å². The molecule has 0 unspecified atom stereocenters. The molecule has 3 rings (SSSR count). The van der Waals surface area contributed by atoms with Gasteiger partial charge in [-0.15, -0.1) is 0 Å². The van der Waals surface area contributed by atoms with Crippen molar-refractivity contribution >= 4 is 16.7 Å². The molecule has 4 nitrogen and oxygen atoms in total. The Hall–Kier alpha value is -2.85. The van der Waals surface area contributed by atoms with Gasteiger partial charge in [0.05, 0.1) is 13.2 Å². The normalized spacial score (nSPS) is 11.9. The third kappa shape index (κ3) is 4.83. The standard InChI is InChI=1S/C22H23NO3/c1-17(26-21-13-7-11-19-10-5-6-12-20(19)21)22(24)23-14-15-25-16-18-8-3-2-4-9-18/h2-13,17H,14-16H2,1H3,(H,23,24)/t17-/m1/s1. The van der Waals surface area contributed by atoms with Crippen LogP contribution in [0.4, 0.5) is 0 Å². The summed E-state index contributed by atoms with van der Waals surface area (Å²) >= 11 is 0. The minimum Gasteiger partial charge on any atom is -0.480 e. The molecule has 0 saturated heterocycles. The van der Waals surface area contributed by atoms with E-state index in [2.05, 4.69) is 5.32 Å². The summed E-state index contributed by atoms with van der Waals surface area (Å²) in [7, 11) is 0. The molecular weight excluding hydrogens is 326 g/mol. The van der Waals surface area contributed by atoms with Gasteiger partial charge in [-0.1, -0.05) is 66.7 Å². The summed E-state index contributed by atoms with van der Waals surface area (Å²) in [6.45, 7) is 3.21. The van der Waals surface area contributed by atoms with Crippen LogP contribution in [0.2, 0.25) is 0 Å². The first kappa shape index (κ1) is 18.0. The summed E-state index contributed by atoms with van der Waals surface area (Å²) in [5, 5.41) is 4.94. The number of fused-ring (bicyclic) bond motifs is 1. The maximum Gasteiger partial charge on any atom is 0.260 e. The van der Waals surface area contributed by atoms with Gasteiger partial charge in [0.2, 0.25) is 0 Å². The topological polar surface area (TPSA) is 47.6 Å². The highest BCUT2D eigenvalue weighted by Gasteiger charge is 2.15. The number of benzene rings is 3. The molecule has 0 radical (unpaired) electrons. The third-order valence-electron chi connectivity index (χ3n) is 4.08. The van der Waals surface area contributed by atoms with Crippen molar-refractivity contribution in [1.82, 2.24) is 5.32 Å². The van der Waals surface area contributed by atoms with E-state index in [1.54, 1.807) is 6.92 Å². The second-order valence-electron chi connectivity index (χ2n) is 6.07. The molecule has 3 aromatic rings. The van der Waals surface area contributed by atoms with Gasteiger partial charge in [0.15, 0.2) is 6.10 Å². The highest BCUT2D eigenvalue weighted by Crippen LogP contribution is 2.25. The molecule has 0 bridgehead atoms. The zero-order chi connectivity index (χ0) is 18.2. The van der Waals surface area contributed by atoms with Gasteiger partial charge in [-0.3, -0.25) is 4.79 Å². The lowest BCUT2D eigenvalue weighted by Gasteiger charge is -2.16. The zero-order valence-electron chi connectivity index (χ0n) is 14.9. The summed E-state index contributed by atoms with van der Waals surface area (Å²) in [5.41, 5.74) is 1.12. The van der Waals surface area contributed by atoms with Crippen molar-refractivity contribution in [3.63, 3.8) is 0 Å². The van der Waals surface area contributed by atoms with Crippen molar-refractivity contribution in [3.8, 4) is 5.75 Å². The first-order chi connectivity index (χ1) is 12.7. The van der Waals surface area contributed by atoms with Crippen LogP contribution in [0.1, 0.15) is 12.5 Å². The summed E-state index contributed by atoms with van der Waals surface area (Å²) in [5.74, 6) is 0.562. The van der Waals surface area contributed by atoms with E-state index >= 15 is 0 Å². The van der Waals surface area contributed by atoms with Gasteiger partial charge < -0.3 is 14.8 Å². The molecule has 1 amide bonds. The van der Waals surface area contributed by atoms with Gasteiger partial charge in [0, 0.05) is 11.9 Å². The largest absolute Gasteiger partial charge is 0.480 e. The van der Waals surface area contributed by atoms with Crippen LogP contribution in [0.15, 0.2) is 72.8 Å². The lowest BCUT2D eigenvalue weighted by molar-refractivity contribution is -0.127. The number of hydrogen-bond acceptors (Lipinski definition) is 3. The molecule has 0 aliphatic carbocycles. The predicted octanol–water partition coefficient (Wildman–Crippen LogP) is 3.94. The Kier molecular flexibility index (Phi) is 6.23. The molecule has 0 saturated carbocycles. The molecule has 26 heavy (non-hydrogen) atoms. The summed E-state index contributed by atoms with van der Waals surface area (Å²) in [4.78, 5) is 12.2. The summed E-state index contributed by atoms with van der Waals surface area (Å²) < 4.78 is 11.4. The van der Waals surface area contributed by atoms with Crippen molar-refractivity contribution in [2.45, 2.75) is 19.6 Å². The van der Waals surface area contributed by atoms with Crippen molar-refractivity contribution in [3.05, 3.63) is 78.4 Å². The fourth-order valence-corrected chi connectivity index (χ4v) is 2.70. The smallest absolute Gasteiger partial charge is 0.260 e. The minimum atomic E-state index is -0.574. The molecule has 1 N–H and O–H groups in total. The van der Waals surface area contributed by atoms with Gasteiger partial charge in [0.1, 0.15) is 5.75 Å². The molecule has 0 spiro atoms. The fraction of sp³-hybridized carbons (Fsp3) is 0.227. The Morgan fingerprint density at radius 3 is 2.54 bits per heavy atom. The molecule has 0 aliphatic rings. The maximum atomic E-state index is 12.2. The SMILES string of the molecule is C[C@@H](Oc1cccc2ccccc12)C(=O)NCCOCc1ccccc1. The second kappa shape index (κ2) is 9.02. The molecule has 0 heterocycles. The van der Waals surface area contributed by atoms with E-state index in [-0.39, 0.29) is 5.91 Å². The fourth-order valence-electron chi connectivity index (χ4n) is 2.70. The van der Waals surface area contributed by atoms with Crippen LogP contribution in [0.5, 0.6) is 5.75 Å². The highest BCUT2D eigenvalue weighted by atomic mass is 16.5. The molecule has 134 valence electrons. The van der Waals surface area contributed by atoms with Crippen molar-refractivity contribution in [1.29, 1.82) is 0 Å². The first-order valence-electron chi connectivity index (χ1n) is 8.78. The van der Waals surface area contributed by atoms with Gasteiger partial charge in [-0.2, -0.15) is 0 Å². The highest BCUT2D eigenvalue weighted by molar-refractivity contribution is 5.89. The van der Waals surface area contributed by atoms with Crippen LogP contribution in [0.3, 0.4) is 0 Å². The Bertz CT molecular complexity index is 843. The van der Waals surface area contributed by atoms with Crippen LogP contribution in [0.25, 0.3) is 10.8 Å². The number of hydrogen-bond donors (Lipinski definition) is 1.